The highest BCUT2D eigenvalue weighted by Crippen LogP contribution is 2.14. The summed E-state index contributed by atoms with van der Waals surface area (Å²) in [6.07, 6.45) is 1.56. The number of rotatable bonds is 9. The average Bonchev–Trinajstić information content (AvgIpc) is 2.55. The number of carboxylic acids is 2. The molecule has 0 saturated heterocycles. The molecule has 1 atom stereocenters. The molecule has 6 nitrogen and oxygen atoms in total. The zero-order valence-electron chi connectivity index (χ0n) is 16.1. The van der Waals surface area contributed by atoms with Crippen LogP contribution in [0.1, 0.15) is 58.8 Å². The minimum atomic E-state index is -1.62. The van der Waals surface area contributed by atoms with Gasteiger partial charge in [-0.2, -0.15) is 0 Å². The summed E-state index contributed by atoms with van der Waals surface area (Å²) in [5.41, 5.74) is -1.43. The molecule has 0 spiro atoms. The molecule has 0 radical (unpaired) electrons. The van der Waals surface area contributed by atoms with Gasteiger partial charge in [0.2, 0.25) is 0 Å². The van der Waals surface area contributed by atoms with Gasteiger partial charge in [0.15, 0.2) is 0 Å². The molecule has 0 aliphatic carbocycles. The molecule has 0 saturated carbocycles. The maximum Gasteiger partial charge on any atom is 0.338 e. The molecular formula is C16H20O6. The number of hydrogen-bond acceptors (Lipinski definition) is 4. The molecule has 22 heavy (non-hydrogen) atoms. The van der Waals surface area contributed by atoms with Crippen molar-refractivity contribution in [1.29, 1.82) is 0 Å². The number of aromatic carboxylic acids is 1. The molecular weight excluding hydrogens is 288 g/mol. The van der Waals surface area contributed by atoms with Crippen LogP contribution in [-0.4, -0.2) is 34.7 Å². The Bertz CT molecular complexity index is 690. The minimum absolute atomic E-state index is 0.000755. The van der Waals surface area contributed by atoms with Gasteiger partial charge in [0, 0.05) is 6.42 Å². The molecule has 120 valence electrons. The van der Waals surface area contributed by atoms with Gasteiger partial charge in [-0.25, -0.2) is 9.59 Å². The number of benzene rings is 1. The zero-order chi connectivity index (χ0) is 20.0. The van der Waals surface area contributed by atoms with Crippen LogP contribution in [-0.2, 0) is 9.53 Å². The summed E-state index contributed by atoms with van der Waals surface area (Å²) in [6, 6.07) is -3.18. The van der Waals surface area contributed by atoms with Gasteiger partial charge in [-0.3, -0.25) is 4.79 Å². The van der Waals surface area contributed by atoms with Gasteiger partial charge in [-0.05, 0) is 42.9 Å². The maximum absolute atomic E-state index is 12.2. The van der Waals surface area contributed by atoms with Crippen molar-refractivity contribution in [2.45, 2.75) is 32.6 Å². The summed E-state index contributed by atoms with van der Waals surface area (Å²) in [4.78, 5) is 33.8. The van der Waals surface area contributed by atoms with Crippen molar-refractivity contribution in [3.63, 3.8) is 0 Å². The van der Waals surface area contributed by atoms with E-state index in [0.717, 1.165) is 0 Å². The number of carbonyl (C=O) groups excluding carboxylic acids is 1. The van der Waals surface area contributed by atoms with Crippen LogP contribution in [0.2, 0.25) is 0 Å². The lowest BCUT2D eigenvalue weighted by Crippen LogP contribution is -2.14. The van der Waals surface area contributed by atoms with Crippen LogP contribution in [0, 0.1) is 5.92 Å². The van der Waals surface area contributed by atoms with Crippen LogP contribution in [0.4, 0.5) is 0 Å². The predicted molar refractivity (Wildman–Crippen MR) is 79.0 cm³/mol. The second kappa shape index (κ2) is 8.81. The second-order valence-electron chi connectivity index (χ2n) is 4.71. The highest BCUT2D eigenvalue weighted by atomic mass is 16.5. The Morgan fingerprint density at radius 2 is 1.77 bits per heavy atom. The minimum Gasteiger partial charge on any atom is -0.481 e. The Kier molecular flexibility index (Phi) is 4.89. The molecule has 1 aromatic rings. The van der Waals surface area contributed by atoms with Gasteiger partial charge in [0.1, 0.15) is 0 Å². The van der Waals surface area contributed by atoms with E-state index in [2.05, 4.69) is 0 Å². The van der Waals surface area contributed by atoms with Crippen LogP contribution in [0.5, 0.6) is 0 Å². The third-order valence-corrected chi connectivity index (χ3v) is 3.07. The van der Waals surface area contributed by atoms with Crippen molar-refractivity contribution in [3.8, 4) is 0 Å². The molecule has 6 heteroatoms. The molecule has 1 aromatic carbocycles. The topological polar surface area (TPSA) is 101 Å². The first-order valence-electron chi connectivity index (χ1n) is 8.84. The van der Waals surface area contributed by atoms with Crippen molar-refractivity contribution >= 4 is 17.9 Å². The van der Waals surface area contributed by atoms with E-state index in [0.29, 0.717) is 19.3 Å². The van der Waals surface area contributed by atoms with Gasteiger partial charge >= 0.3 is 17.9 Å². The Morgan fingerprint density at radius 3 is 2.27 bits per heavy atom. The van der Waals surface area contributed by atoms with Crippen LogP contribution in [0.15, 0.2) is 24.2 Å². The highest BCUT2D eigenvalue weighted by Gasteiger charge is 2.13. The predicted octanol–water partition coefficient (Wildman–Crippen LogP) is 2.82. The van der Waals surface area contributed by atoms with Crippen molar-refractivity contribution in [2.75, 3.05) is 6.61 Å². The van der Waals surface area contributed by atoms with Crippen molar-refractivity contribution in [3.05, 3.63) is 35.3 Å². The van der Waals surface area contributed by atoms with Crippen molar-refractivity contribution < 1.29 is 34.8 Å². The van der Waals surface area contributed by atoms with Gasteiger partial charge in [0.05, 0.1) is 23.2 Å². The van der Waals surface area contributed by atoms with Gasteiger partial charge < -0.3 is 14.9 Å². The first kappa shape index (κ1) is 12.2. The van der Waals surface area contributed by atoms with E-state index in [-0.39, 0.29) is 18.9 Å². The van der Waals surface area contributed by atoms with Crippen LogP contribution in [0.3, 0.4) is 0 Å². The lowest BCUT2D eigenvalue weighted by Gasteiger charge is -2.14. The number of hydrogen-bond donors (Lipinski definition) is 2. The SMILES string of the molecule is [2H]c1c([2H])c(C(=O)OCC(CC)CCCC(=O)O)c([2H])c([2H])c1C(=O)O. The Morgan fingerprint density at radius 1 is 1.18 bits per heavy atom. The lowest BCUT2D eigenvalue weighted by atomic mass is 10.0. The molecule has 0 bridgehead atoms. The van der Waals surface area contributed by atoms with Crippen LogP contribution < -0.4 is 0 Å². The summed E-state index contributed by atoms with van der Waals surface area (Å²) in [5, 5.41) is 17.6. The largest absolute Gasteiger partial charge is 0.481 e. The third kappa shape index (κ3) is 5.95. The van der Waals surface area contributed by atoms with Crippen molar-refractivity contribution in [1.82, 2.24) is 0 Å². The summed E-state index contributed by atoms with van der Waals surface area (Å²) in [7, 11) is 0. The Balaban J connectivity index is 2.94. The van der Waals surface area contributed by atoms with E-state index in [1.807, 2.05) is 6.92 Å². The first-order chi connectivity index (χ1) is 12.1. The summed E-state index contributed by atoms with van der Waals surface area (Å²) in [5.74, 6) is -3.72. The highest BCUT2D eigenvalue weighted by molar-refractivity contribution is 5.92. The lowest BCUT2D eigenvalue weighted by molar-refractivity contribution is -0.137. The van der Waals surface area contributed by atoms with E-state index < -0.39 is 53.2 Å². The fraction of sp³-hybridized carbons (Fsp3) is 0.438. The van der Waals surface area contributed by atoms with E-state index in [1.165, 1.54) is 0 Å². The normalized spacial score (nSPS) is 14.2. The maximum atomic E-state index is 12.2. The summed E-state index contributed by atoms with van der Waals surface area (Å²) in [6.45, 7) is 1.78. The second-order valence-corrected chi connectivity index (χ2v) is 4.71. The molecule has 0 aliphatic rings. The molecule has 0 fully saturated rings. The molecule has 1 unspecified atom stereocenters. The van der Waals surface area contributed by atoms with Gasteiger partial charge in [-0.15, -0.1) is 0 Å². The Hall–Kier alpha value is -2.37. The van der Waals surface area contributed by atoms with Crippen LogP contribution in [0.25, 0.3) is 0 Å². The van der Waals surface area contributed by atoms with E-state index >= 15 is 0 Å². The van der Waals surface area contributed by atoms with E-state index in [4.69, 9.17) is 20.4 Å². The number of ether oxygens (including phenoxy) is 1. The molecule has 1 rings (SSSR count). The zero-order valence-corrected chi connectivity index (χ0v) is 12.1. The number of aliphatic carboxylic acids is 1. The molecule has 2 N–H and O–H groups in total. The fourth-order valence-corrected chi connectivity index (χ4v) is 1.73. The van der Waals surface area contributed by atoms with E-state index in [9.17, 15) is 14.4 Å². The van der Waals surface area contributed by atoms with Gasteiger partial charge in [0.25, 0.3) is 0 Å². The van der Waals surface area contributed by atoms with Crippen LogP contribution >= 0.6 is 0 Å². The standard InChI is InChI=1S/C16H20O6/c1-2-11(4-3-5-14(17)18)10-22-16(21)13-8-6-12(7-9-13)15(19)20/h6-9,11H,2-5,10H2,1H3,(H,17,18)(H,19,20)/i6D,7D,8D,9D. The summed E-state index contributed by atoms with van der Waals surface area (Å²) >= 11 is 0. The van der Waals surface area contributed by atoms with Gasteiger partial charge in [-0.1, -0.05) is 13.3 Å². The molecule has 0 heterocycles. The molecule has 0 aliphatic heterocycles. The quantitative estimate of drug-likeness (QED) is 0.680. The van der Waals surface area contributed by atoms with Crippen molar-refractivity contribution in [2.24, 2.45) is 5.92 Å². The first-order valence-corrected chi connectivity index (χ1v) is 6.84. The Labute approximate surface area is 134 Å². The average molecular weight is 312 g/mol. The monoisotopic (exact) mass is 312 g/mol. The smallest absolute Gasteiger partial charge is 0.338 e. The summed E-state index contributed by atoms with van der Waals surface area (Å²) < 4.78 is 35.9. The third-order valence-electron chi connectivity index (χ3n) is 3.07. The fourth-order valence-electron chi connectivity index (χ4n) is 1.73. The number of carboxylic acid groups (broad SMARTS) is 2. The molecule has 0 aromatic heterocycles. The van der Waals surface area contributed by atoms with E-state index in [1.54, 1.807) is 0 Å². The number of carbonyl (C=O) groups is 3. The molecule has 0 amide bonds. The number of esters is 1.